The predicted molar refractivity (Wildman–Crippen MR) is 74.1 cm³/mol. The molecule has 0 atom stereocenters. The van der Waals surface area contributed by atoms with Gasteiger partial charge in [-0.3, -0.25) is 4.79 Å². The van der Waals surface area contributed by atoms with Gasteiger partial charge in [-0.15, -0.1) is 0 Å². The van der Waals surface area contributed by atoms with Crippen LogP contribution in [0.15, 0.2) is 18.2 Å². The highest BCUT2D eigenvalue weighted by Gasteiger charge is 2.48. The van der Waals surface area contributed by atoms with E-state index in [1.807, 2.05) is 25.2 Å². The molecule has 1 saturated carbocycles. The van der Waals surface area contributed by atoms with Crippen LogP contribution >= 0.6 is 23.2 Å². The first-order valence-electron chi connectivity index (χ1n) is 5.99. The fraction of sp³-hybridized carbons (Fsp3) is 0.462. The number of amides is 1. The third kappa shape index (κ3) is 2.79. The van der Waals surface area contributed by atoms with Crippen LogP contribution in [0.5, 0.6) is 0 Å². The summed E-state index contributed by atoms with van der Waals surface area (Å²) in [5.74, 6) is 0.0258. The van der Waals surface area contributed by atoms with Gasteiger partial charge in [-0.25, -0.2) is 0 Å². The summed E-state index contributed by atoms with van der Waals surface area (Å²) in [7, 11) is 1.82. The number of nitrogens with one attached hydrogen (secondary N) is 2. The van der Waals surface area contributed by atoms with Crippen LogP contribution in [0.1, 0.15) is 24.8 Å². The molecule has 1 aromatic carbocycles. The van der Waals surface area contributed by atoms with E-state index >= 15 is 0 Å². The fourth-order valence-electron chi connectivity index (χ4n) is 2.09. The van der Waals surface area contributed by atoms with E-state index in [0.717, 1.165) is 18.4 Å². The Balaban J connectivity index is 2.14. The molecule has 5 heteroatoms. The van der Waals surface area contributed by atoms with Gasteiger partial charge < -0.3 is 10.6 Å². The first-order valence-corrected chi connectivity index (χ1v) is 6.75. The molecule has 2 rings (SSSR count). The van der Waals surface area contributed by atoms with Crippen molar-refractivity contribution in [2.45, 2.75) is 24.8 Å². The number of hydrogen-bond acceptors (Lipinski definition) is 2. The lowest BCUT2D eigenvalue weighted by Gasteiger charge is -2.20. The number of halogens is 2. The Hall–Kier alpha value is -0.770. The summed E-state index contributed by atoms with van der Waals surface area (Å²) in [6.07, 6.45) is 2.24. The maximum absolute atomic E-state index is 11.8. The lowest BCUT2D eigenvalue weighted by Crippen LogP contribution is -2.36. The van der Waals surface area contributed by atoms with Gasteiger partial charge in [0.15, 0.2) is 0 Å². The third-order valence-corrected chi connectivity index (χ3v) is 3.80. The standard InChI is InChI=1S/C13H16Cl2N2O/c1-16-8-5-11(18)17-13(6-7-13)12-9(14)3-2-4-10(12)15/h2-4,16H,5-8H2,1H3,(H,17,18). The lowest BCUT2D eigenvalue weighted by atomic mass is 10.0. The molecule has 1 aliphatic carbocycles. The summed E-state index contributed by atoms with van der Waals surface area (Å²) in [5, 5.41) is 7.25. The second-order valence-electron chi connectivity index (χ2n) is 4.58. The largest absolute Gasteiger partial charge is 0.346 e. The van der Waals surface area contributed by atoms with Crippen LogP contribution < -0.4 is 10.6 Å². The van der Waals surface area contributed by atoms with Gasteiger partial charge in [0.05, 0.1) is 5.54 Å². The zero-order chi connectivity index (χ0) is 13.2. The Kier molecular flexibility index (Phi) is 4.15. The Morgan fingerprint density at radius 3 is 2.44 bits per heavy atom. The average Bonchev–Trinajstić information content (AvgIpc) is 3.06. The molecule has 0 aliphatic heterocycles. The van der Waals surface area contributed by atoms with Crippen molar-refractivity contribution in [3.8, 4) is 0 Å². The van der Waals surface area contributed by atoms with Crippen molar-refractivity contribution in [3.63, 3.8) is 0 Å². The zero-order valence-electron chi connectivity index (χ0n) is 10.2. The highest BCUT2D eigenvalue weighted by atomic mass is 35.5. The molecule has 0 saturated heterocycles. The van der Waals surface area contributed by atoms with Gasteiger partial charge in [-0.1, -0.05) is 29.3 Å². The minimum atomic E-state index is -0.347. The highest BCUT2D eigenvalue weighted by Crippen LogP contribution is 2.50. The normalized spacial score (nSPS) is 16.4. The molecule has 2 N–H and O–H groups in total. The van der Waals surface area contributed by atoms with Gasteiger partial charge in [-0.2, -0.15) is 0 Å². The maximum atomic E-state index is 11.8. The van der Waals surface area contributed by atoms with Crippen LogP contribution in [0.2, 0.25) is 10.0 Å². The molecule has 1 fully saturated rings. The Bertz CT molecular complexity index is 438. The zero-order valence-corrected chi connectivity index (χ0v) is 11.7. The van der Waals surface area contributed by atoms with Crippen molar-refractivity contribution in [1.29, 1.82) is 0 Å². The van der Waals surface area contributed by atoms with E-state index < -0.39 is 0 Å². The number of benzene rings is 1. The topological polar surface area (TPSA) is 41.1 Å². The second-order valence-corrected chi connectivity index (χ2v) is 5.39. The monoisotopic (exact) mass is 286 g/mol. The molecule has 98 valence electrons. The average molecular weight is 287 g/mol. The van der Waals surface area contributed by atoms with Gasteiger partial charge in [-0.05, 0) is 32.0 Å². The van der Waals surface area contributed by atoms with E-state index in [9.17, 15) is 4.79 Å². The van der Waals surface area contributed by atoms with E-state index in [1.165, 1.54) is 0 Å². The molecule has 0 spiro atoms. The third-order valence-electron chi connectivity index (χ3n) is 3.17. The van der Waals surface area contributed by atoms with Crippen LogP contribution in [-0.4, -0.2) is 19.5 Å². The van der Waals surface area contributed by atoms with E-state index in [-0.39, 0.29) is 11.4 Å². The molecule has 1 amide bonds. The number of hydrogen-bond donors (Lipinski definition) is 2. The second kappa shape index (κ2) is 5.47. The molecule has 0 aromatic heterocycles. The van der Waals surface area contributed by atoms with Gasteiger partial charge in [0.2, 0.25) is 5.91 Å². The predicted octanol–water partition coefficient (Wildman–Crippen LogP) is 2.71. The van der Waals surface area contributed by atoms with Crippen molar-refractivity contribution in [2.24, 2.45) is 0 Å². The van der Waals surface area contributed by atoms with Gasteiger partial charge in [0.1, 0.15) is 0 Å². The van der Waals surface area contributed by atoms with Crippen molar-refractivity contribution in [3.05, 3.63) is 33.8 Å². The number of carbonyl (C=O) groups excluding carboxylic acids is 1. The first-order chi connectivity index (χ1) is 8.59. The van der Waals surface area contributed by atoms with Crippen LogP contribution in [0.4, 0.5) is 0 Å². The first kappa shape index (κ1) is 13.7. The van der Waals surface area contributed by atoms with Crippen LogP contribution in [-0.2, 0) is 10.3 Å². The number of carbonyl (C=O) groups is 1. The van der Waals surface area contributed by atoms with E-state index in [4.69, 9.17) is 23.2 Å². The Morgan fingerprint density at radius 1 is 1.33 bits per heavy atom. The lowest BCUT2D eigenvalue weighted by molar-refractivity contribution is -0.122. The van der Waals surface area contributed by atoms with Gasteiger partial charge >= 0.3 is 0 Å². The summed E-state index contributed by atoms with van der Waals surface area (Å²) in [4.78, 5) is 11.8. The number of rotatable bonds is 5. The molecular weight excluding hydrogens is 271 g/mol. The summed E-state index contributed by atoms with van der Waals surface area (Å²) in [6.45, 7) is 0.665. The molecule has 0 bridgehead atoms. The van der Waals surface area contributed by atoms with Crippen molar-refractivity contribution in [2.75, 3.05) is 13.6 Å². The van der Waals surface area contributed by atoms with E-state index in [1.54, 1.807) is 0 Å². The SMILES string of the molecule is CNCCC(=O)NC1(c2c(Cl)cccc2Cl)CC1. The van der Waals surface area contributed by atoms with Crippen LogP contribution in [0.3, 0.4) is 0 Å². The molecule has 1 aliphatic rings. The molecule has 18 heavy (non-hydrogen) atoms. The van der Waals surface area contributed by atoms with Gasteiger partial charge in [0.25, 0.3) is 0 Å². The smallest absolute Gasteiger partial charge is 0.221 e. The van der Waals surface area contributed by atoms with Crippen LogP contribution in [0, 0.1) is 0 Å². The molecule has 0 heterocycles. The molecule has 0 unspecified atom stereocenters. The van der Waals surface area contributed by atoms with Crippen molar-refractivity contribution >= 4 is 29.1 Å². The Morgan fingerprint density at radius 2 is 1.94 bits per heavy atom. The summed E-state index contributed by atoms with van der Waals surface area (Å²) < 4.78 is 0. The van der Waals surface area contributed by atoms with E-state index in [2.05, 4.69) is 10.6 Å². The fourth-order valence-corrected chi connectivity index (χ4v) is 2.84. The maximum Gasteiger partial charge on any atom is 0.221 e. The van der Waals surface area contributed by atoms with Crippen molar-refractivity contribution < 1.29 is 4.79 Å². The Labute approximate surface area is 117 Å². The van der Waals surface area contributed by atoms with E-state index in [0.29, 0.717) is 23.0 Å². The van der Waals surface area contributed by atoms with Crippen LogP contribution in [0.25, 0.3) is 0 Å². The molecule has 1 aromatic rings. The summed E-state index contributed by atoms with van der Waals surface area (Å²) in [5.41, 5.74) is 0.506. The quantitative estimate of drug-likeness (QED) is 0.874. The minimum absolute atomic E-state index is 0.0258. The summed E-state index contributed by atoms with van der Waals surface area (Å²) in [6, 6.07) is 5.43. The molecule has 3 nitrogen and oxygen atoms in total. The molecular formula is C13H16Cl2N2O. The minimum Gasteiger partial charge on any atom is -0.346 e. The summed E-state index contributed by atoms with van der Waals surface area (Å²) >= 11 is 12.4. The van der Waals surface area contributed by atoms with Gasteiger partial charge in [0, 0.05) is 28.6 Å². The van der Waals surface area contributed by atoms with Crippen molar-refractivity contribution in [1.82, 2.24) is 10.6 Å². The highest BCUT2D eigenvalue weighted by molar-refractivity contribution is 6.36. The molecule has 0 radical (unpaired) electrons.